The third-order valence-corrected chi connectivity index (χ3v) is 9.49. The molecule has 0 saturated carbocycles. The number of carbonyl (C=O) groups excluding carboxylic acids is 2. The van der Waals surface area contributed by atoms with Crippen molar-refractivity contribution in [2.45, 2.75) is 46.2 Å². The molecule has 0 aliphatic carbocycles. The number of Topliss-reactive ketones (excluding diaryl/α,β-unsaturated/α-hetero) is 1. The van der Waals surface area contributed by atoms with E-state index in [0.717, 1.165) is 11.3 Å². The zero-order valence-corrected chi connectivity index (χ0v) is 27.7. The lowest BCUT2D eigenvalue weighted by Crippen LogP contribution is -2.28. The zero-order chi connectivity index (χ0) is 33.9. The number of methoxy groups -OCH3 is 2. The fraction of sp³-hybridized carbons (Fsp3) is 0.419. The van der Waals surface area contributed by atoms with Gasteiger partial charge in [0, 0.05) is 48.9 Å². The second-order valence-electron chi connectivity index (χ2n) is 10.8. The molecule has 15 heteroatoms. The molecule has 2 aromatic carbocycles. The first-order chi connectivity index (χ1) is 21.8. The van der Waals surface area contributed by atoms with Crippen LogP contribution in [0.15, 0.2) is 12.1 Å². The van der Waals surface area contributed by atoms with Crippen molar-refractivity contribution >= 4 is 68.3 Å². The molecule has 0 fully saturated rings. The van der Waals surface area contributed by atoms with Crippen LogP contribution in [0.5, 0.6) is 23.0 Å². The van der Waals surface area contributed by atoms with Gasteiger partial charge in [0.1, 0.15) is 0 Å². The van der Waals surface area contributed by atoms with E-state index in [-0.39, 0.29) is 87.7 Å². The number of nitrogens with zero attached hydrogens (tertiary/aromatic N) is 1. The molecule has 0 spiro atoms. The summed E-state index contributed by atoms with van der Waals surface area (Å²) in [5, 5.41) is 19.1. The summed E-state index contributed by atoms with van der Waals surface area (Å²) in [5.74, 6) is -4.98. The van der Waals surface area contributed by atoms with E-state index in [4.69, 9.17) is 52.4 Å². The Hall–Kier alpha value is -3.81. The highest BCUT2D eigenvalue weighted by molar-refractivity contribution is 7.20. The van der Waals surface area contributed by atoms with Gasteiger partial charge in [0.05, 0.1) is 58.9 Å². The highest BCUT2D eigenvalue weighted by Gasteiger charge is 2.33. The molecule has 1 amide bonds. The summed E-state index contributed by atoms with van der Waals surface area (Å²) in [6.45, 7) is 3.34. The molecule has 11 nitrogen and oxygen atoms in total. The third-order valence-electron chi connectivity index (χ3n) is 7.51. The number of rotatable bonds is 15. The van der Waals surface area contributed by atoms with Crippen LogP contribution < -0.4 is 18.9 Å². The van der Waals surface area contributed by atoms with Crippen molar-refractivity contribution in [1.82, 2.24) is 4.90 Å². The van der Waals surface area contributed by atoms with Gasteiger partial charge in [-0.1, -0.05) is 37.0 Å². The van der Waals surface area contributed by atoms with Crippen LogP contribution in [0.1, 0.15) is 53.9 Å². The van der Waals surface area contributed by atoms with Crippen LogP contribution in [0.2, 0.25) is 10.0 Å². The number of ketones is 1. The quantitative estimate of drug-likeness (QED) is 0.134. The van der Waals surface area contributed by atoms with E-state index in [1.807, 2.05) is 0 Å². The Bertz CT molecular complexity index is 1690. The second-order valence-corrected chi connectivity index (χ2v) is 12.6. The van der Waals surface area contributed by atoms with E-state index in [2.05, 4.69) is 0 Å². The molecule has 0 bridgehead atoms. The first-order valence-corrected chi connectivity index (χ1v) is 15.7. The van der Waals surface area contributed by atoms with Crippen molar-refractivity contribution in [3.8, 4) is 23.0 Å². The molecule has 2 atom stereocenters. The van der Waals surface area contributed by atoms with E-state index < -0.39 is 35.4 Å². The van der Waals surface area contributed by atoms with E-state index in [1.54, 1.807) is 6.07 Å². The Morgan fingerprint density at radius 3 is 2.04 bits per heavy atom. The lowest BCUT2D eigenvalue weighted by Gasteiger charge is -2.17. The maximum Gasteiger partial charge on any atom is 0.306 e. The molecule has 248 valence electrons. The Morgan fingerprint density at radius 2 is 1.46 bits per heavy atom. The highest BCUT2D eigenvalue weighted by Crippen LogP contribution is 2.49. The molecule has 1 aliphatic heterocycles. The van der Waals surface area contributed by atoms with Gasteiger partial charge in [-0.3, -0.25) is 19.2 Å². The number of hydrogen-bond acceptors (Lipinski definition) is 9. The van der Waals surface area contributed by atoms with Gasteiger partial charge in [-0.05, 0) is 12.1 Å². The largest absolute Gasteiger partial charge is 0.491 e. The van der Waals surface area contributed by atoms with E-state index in [1.165, 1.54) is 39.0 Å². The Balaban J connectivity index is 1.43. The minimum Gasteiger partial charge on any atom is -0.491 e. The number of benzene rings is 2. The number of aliphatic carboxylic acids is 2. The molecule has 1 aromatic heterocycles. The van der Waals surface area contributed by atoms with Crippen LogP contribution in [-0.4, -0.2) is 66.2 Å². The topological polar surface area (TPSA) is 149 Å². The number of halogens is 3. The molecule has 4 rings (SSSR count). The lowest BCUT2D eigenvalue weighted by atomic mass is 10.0. The number of amides is 1. The minimum atomic E-state index is -1.09. The number of thiophene rings is 1. The average molecular weight is 701 g/mol. The van der Waals surface area contributed by atoms with Crippen molar-refractivity contribution in [2.75, 3.05) is 27.4 Å². The third kappa shape index (κ3) is 7.26. The number of fused-ring (bicyclic) bond motifs is 2. The summed E-state index contributed by atoms with van der Waals surface area (Å²) in [6.07, 6.45) is -0.0650. The van der Waals surface area contributed by atoms with Crippen molar-refractivity contribution < 1.29 is 52.7 Å². The van der Waals surface area contributed by atoms with Crippen LogP contribution in [-0.2, 0) is 27.5 Å². The number of carbonyl (C=O) groups is 4. The fourth-order valence-electron chi connectivity index (χ4n) is 4.89. The molecule has 0 saturated heterocycles. The van der Waals surface area contributed by atoms with E-state index in [0.29, 0.717) is 22.9 Å². The van der Waals surface area contributed by atoms with Gasteiger partial charge >= 0.3 is 11.9 Å². The number of carboxylic acid groups (broad SMARTS) is 2. The van der Waals surface area contributed by atoms with Gasteiger partial charge in [-0.2, -0.15) is 0 Å². The van der Waals surface area contributed by atoms with Crippen LogP contribution >= 0.6 is 34.5 Å². The maximum atomic E-state index is 15.3. The summed E-state index contributed by atoms with van der Waals surface area (Å²) in [6, 6.07) is 3.05. The zero-order valence-electron chi connectivity index (χ0n) is 25.4. The van der Waals surface area contributed by atoms with Gasteiger partial charge < -0.3 is 34.1 Å². The summed E-state index contributed by atoms with van der Waals surface area (Å²) in [7, 11) is 2.70. The Labute approximate surface area is 277 Å². The SMILES string of the molecule is COc1c(Cl)c2c(c(Cl)c1OCCCOc1cc3cc(C(=O)C[C@H](C)C(=O)O)sc3c(F)c1OC)CN(C(=O)C[C@H](C)C(=O)O)C2. The molecular formula is C31H32Cl2FNO10S. The minimum absolute atomic E-state index is 0.0794. The number of carboxylic acids is 2. The maximum absolute atomic E-state index is 15.3. The normalized spacial score (nSPS) is 13.7. The standard InChI is InChI=1S/C31H32Cl2FNO10S/c1-14(30(38)39)8-19(36)21-11-16-10-20(26(42-3)25(34)29(16)46-21)44-6-5-7-45-28-24(33)18-13-35(22(37)9-15(2)31(40)41)12-17(18)23(32)27(28)43-4/h10-11,14-15H,5-9,12-13H2,1-4H3,(H,38,39)(H,40,41)/t14-,15-/m0/s1. The molecule has 3 aromatic rings. The summed E-state index contributed by atoms with van der Waals surface area (Å²) in [5.41, 5.74) is 1.17. The molecular weight excluding hydrogens is 668 g/mol. The van der Waals surface area contributed by atoms with Gasteiger partial charge in [-0.25, -0.2) is 4.39 Å². The molecule has 2 heterocycles. The molecule has 0 unspecified atom stereocenters. The van der Waals surface area contributed by atoms with Gasteiger partial charge in [-0.15, -0.1) is 11.3 Å². The fourth-order valence-corrected chi connectivity index (χ4v) is 6.56. The predicted octanol–water partition coefficient (Wildman–Crippen LogP) is 6.46. The van der Waals surface area contributed by atoms with Crippen LogP contribution in [0.3, 0.4) is 0 Å². The van der Waals surface area contributed by atoms with Crippen LogP contribution in [0, 0.1) is 17.7 Å². The summed E-state index contributed by atoms with van der Waals surface area (Å²) >= 11 is 14.2. The van der Waals surface area contributed by atoms with Gasteiger partial charge in [0.2, 0.25) is 5.91 Å². The molecule has 0 radical (unpaired) electrons. The first-order valence-electron chi connectivity index (χ1n) is 14.2. The van der Waals surface area contributed by atoms with Crippen LogP contribution in [0.25, 0.3) is 10.1 Å². The average Bonchev–Trinajstić information content (AvgIpc) is 3.65. The molecule has 46 heavy (non-hydrogen) atoms. The number of hydrogen-bond donors (Lipinski definition) is 2. The smallest absolute Gasteiger partial charge is 0.306 e. The van der Waals surface area contributed by atoms with Crippen molar-refractivity contribution in [1.29, 1.82) is 0 Å². The Kier molecular flexibility index (Phi) is 11.2. The first kappa shape index (κ1) is 35.1. The molecule has 2 N–H and O–H groups in total. The highest BCUT2D eigenvalue weighted by atomic mass is 35.5. The monoisotopic (exact) mass is 699 g/mol. The van der Waals surface area contributed by atoms with E-state index in [9.17, 15) is 19.2 Å². The van der Waals surface area contributed by atoms with Crippen molar-refractivity contribution in [3.05, 3.63) is 44.0 Å². The predicted molar refractivity (Wildman–Crippen MR) is 168 cm³/mol. The van der Waals surface area contributed by atoms with Gasteiger partial charge in [0.15, 0.2) is 34.6 Å². The van der Waals surface area contributed by atoms with Crippen molar-refractivity contribution in [2.24, 2.45) is 11.8 Å². The second kappa shape index (κ2) is 14.7. The van der Waals surface area contributed by atoms with Gasteiger partial charge in [0.25, 0.3) is 0 Å². The lowest BCUT2D eigenvalue weighted by molar-refractivity contribution is -0.145. The van der Waals surface area contributed by atoms with Crippen LogP contribution in [0.4, 0.5) is 4.39 Å². The molecule has 1 aliphatic rings. The summed E-state index contributed by atoms with van der Waals surface area (Å²) in [4.78, 5) is 49.3. The Morgan fingerprint density at radius 1 is 0.891 bits per heavy atom. The van der Waals surface area contributed by atoms with Crippen molar-refractivity contribution in [3.63, 3.8) is 0 Å². The summed E-state index contributed by atoms with van der Waals surface area (Å²) < 4.78 is 38.0. The number of ether oxygens (including phenoxy) is 4. The van der Waals surface area contributed by atoms with E-state index >= 15 is 4.39 Å².